The topological polar surface area (TPSA) is 20.2 Å². The van der Waals surface area contributed by atoms with Crippen molar-refractivity contribution < 1.29 is 9.59 Å². The molecule has 94 valence electrons. The summed E-state index contributed by atoms with van der Waals surface area (Å²) in [6, 6.07) is 8.30. The third-order valence-corrected chi connectivity index (χ3v) is 3.05. The van der Waals surface area contributed by atoms with Crippen LogP contribution in [-0.4, -0.2) is 36.3 Å². The monoisotopic (exact) mass is 234 g/mol. The summed E-state index contributed by atoms with van der Waals surface area (Å²) in [4.78, 5) is 0. The summed E-state index contributed by atoms with van der Waals surface area (Å²) in [5.74, 6) is 0. The van der Waals surface area contributed by atoms with Crippen LogP contribution in [0.4, 0.5) is 0 Å². The van der Waals surface area contributed by atoms with E-state index in [9.17, 15) is 5.11 Å². The summed E-state index contributed by atoms with van der Waals surface area (Å²) < 4.78 is 0.792. The van der Waals surface area contributed by atoms with Gasteiger partial charge in [0.2, 0.25) is 0 Å². The summed E-state index contributed by atoms with van der Waals surface area (Å²) >= 11 is 0. The Morgan fingerprint density at radius 3 is 2.59 bits per heavy atom. The Balaban J connectivity index is 2.78. The molecule has 0 radical (unpaired) electrons. The van der Waals surface area contributed by atoms with Gasteiger partial charge in [-0.05, 0) is 12.0 Å². The molecule has 0 aliphatic rings. The number of quaternary nitrogens is 1. The van der Waals surface area contributed by atoms with E-state index >= 15 is 0 Å². The minimum atomic E-state index is -0.221. The highest BCUT2D eigenvalue weighted by molar-refractivity contribution is 5.51. The first-order valence-electron chi connectivity index (χ1n) is 6.19. The summed E-state index contributed by atoms with van der Waals surface area (Å²) in [5, 5.41) is 9.76. The highest BCUT2D eigenvalue weighted by atomic mass is 16.3. The Morgan fingerprint density at radius 2 is 2.00 bits per heavy atom. The Morgan fingerprint density at radius 1 is 1.35 bits per heavy atom. The van der Waals surface area contributed by atoms with Crippen LogP contribution in [0, 0.1) is 0 Å². The zero-order chi connectivity index (χ0) is 12.9. The molecule has 0 saturated heterocycles. The van der Waals surface area contributed by atoms with Crippen LogP contribution in [0.25, 0.3) is 6.08 Å². The number of nitrogens with zero attached hydrogens (tertiary/aromatic N) is 1. The fourth-order valence-electron chi connectivity index (χ4n) is 2.10. The number of benzene rings is 1. The zero-order valence-electron chi connectivity index (χ0n) is 11.2. The van der Waals surface area contributed by atoms with E-state index in [2.05, 4.69) is 38.9 Å². The minimum Gasteiger partial charge on any atom is -0.387 e. The van der Waals surface area contributed by atoms with Crippen molar-refractivity contribution in [1.29, 1.82) is 0 Å². The molecule has 17 heavy (non-hydrogen) atoms. The van der Waals surface area contributed by atoms with E-state index in [1.807, 2.05) is 19.1 Å². The van der Waals surface area contributed by atoms with Crippen molar-refractivity contribution in [2.24, 2.45) is 0 Å². The smallest absolute Gasteiger partial charge is 0.105 e. The fourth-order valence-corrected chi connectivity index (χ4v) is 2.10. The Kier molecular flexibility index (Phi) is 4.91. The molecule has 0 amide bonds. The summed E-state index contributed by atoms with van der Waals surface area (Å²) in [5.41, 5.74) is 2.47. The molecule has 1 atom stereocenters. The number of aliphatic hydroxyl groups excluding tert-OH is 1. The van der Waals surface area contributed by atoms with Crippen LogP contribution >= 0.6 is 0 Å². The van der Waals surface area contributed by atoms with Gasteiger partial charge < -0.3 is 9.59 Å². The predicted octanol–water partition coefficient (Wildman–Crippen LogP) is 2.68. The second-order valence-corrected chi connectivity index (χ2v) is 5.24. The summed E-state index contributed by atoms with van der Waals surface area (Å²) in [7, 11) is 4.30. The van der Waals surface area contributed by atoms with Gasteiger partial charge in [0, 0.05) is 5.56 Å². The SMILES string of the molecule is C=Cc1ccccc1C[N+](C)(C)CC(O)CC. The molecule has 1 N–H and O–H groups in total. The molecule has 0 spiro atoms. The first kappa shape index (κ1) is 13.9. The lowest BCUT2D eigenvalue weighted by atomic mass is 10.1. The molecule has 1 aromatic rings. The van der Waals surface area contributed by atoms with Crippen molar-refractivity contribution in [1.82, 2.24) is 0 Å². The molecule has 2 heteroatoms. The van der Waals surface area contributed by atoms with Gasteiger partial charge in [-0.25, -0.2) is 0 Å². The number of rotatable bonds is 6. The lowest BCUT2D eigenvalue weighted by molar-refractivity contribution is -0.906. The van der Waals surface area contributed by atoms with Gasteiger partial charge >= 0.3 is 0 Å². The Bertz CT molecular complexity index is 371. The second kappa shape index (κ2) is 5.99. The van der Waals surface area contributed by atoms with E-state index in [4.69, 9.17) is 0 Å². The van der Waals surface area contributed by atoms with Crippen molar-refractivity contribution in [2.45, 2.75) is 26.0 Å². The van der Waals surface area contributed by atoms with E-state index < -0.39 is 0 Å². The normalized spacial score (nSPS) is 13.4. The quantitative estimate of drug-likeness (QED) is 0.750. The van der Waals surface area contributed by atoms with E-state index in [1.54, 1.807) is 0 Å². The van der Waals surface area contributed by atoms with Crippen LogP contribution in [0.15, 0.2) is 30.8 Å². The average molecular weight is 234 g/mol. The second-order valence-electron chi connectivity index (χ2n) is 5.24. The molecule has 2 nitrogen and oxygen atoms in total. The molecule has 1 unspecified atom stereocenters. The molecular formula is C15H24NO+. The Hall–Kier alpha value is -1.12. The fraction of sp³-hybridized carbons (Fsp3) is 0.467. The van der Waals surface area contributed by atoms with Crippen LogP contribution in [-0.2, 0) is 6.54 Å². The maximum Gasteiger partial charge on any atom is 0.105 e. The van der Waals surface area contributed by atoms with E-state index in [-0.39, 0.29) is 6.10 Å². The molecule has 0 fully saturated rings. The van der Waals surface area contributed by atoms with Crippen molar-refractivity contribution in [3.05, 3.63) is 42.0 Å². The van der Waals surface area contributed by atoms with E-state index in [0.29, 0.717) is 0 Å². The number of hydrogen-bond acceptors (Lipinski definition) is 1. The third-order valence-electron chi connectivity index (χ3n) is 3.05. The predicted molar refractivity (Wildman–Crippen MR) is 73.5 cm³/mol. The Labute approximate surface area is 105 Å². The molecule has 0 aliphatic carbocycles. The van der Waals surface area contributed by atoms with Crippen LogP contribution < -0.4 is 0 Å². The zero-order valence-corrected chi connectivity index (χ0v) is 11.2. The molecule has 1 rings (SSSR count). The van der Waals surface area contributed by atoms with Crippen LogP contribution in [0.3, 0.4) is 0 Å². The highest BCUT2D eigenvalue weighted by Crippen LogP contribution is 2.16. The van der Waals surface area contributed by atoms with Gasteiger partial charge in [-0.1, -0.05) is 43.8 Å². The van der Waals surface area contributed by atoms with Crippen molar-refractivity contribution >= 4 is 6.08 Å². The third kappa shape index (κ3) is 4.33. The van der Waals surface area contributed by atoms with Gasteiger partial charge in [0.25, 0.3) is 0 Å². The maximum atomic E-state index is 9.76. The van der Waals surface area contributed by atoms with Gasteiger partial charge in [-0.2, -0.15) is 0 Å². The van der Waals surface area contributed by atoms with Gasteiger partial charge in [-0.15, -0.1) is 0 Å². The van der Waals surface area contributed by atoms with Gasteiger partial charge in [-0.3, -0.25) is 0 Å². The lowest BCUT2D eigenvalue weighted by Crippen LogP contribution is -2.44. The number of likely N-dealkylation sites (N-methyl/N-ethyl adjacent to an activating group) is 1. The maximum absolute atomic E-state index is 9.76. The molecule has 1 aromatic carbocycles. The highest BCUT2D eigenvalue weighted by Gasteiger charge is 2.20. The first-order chi connectivity index (χ1) is 7.98. The molecule has 0 aromatic heterocycles. The van der Waals surface area contributed by atoms with Gasteiger partial charge in [0.1, 0.15) is 19.2 Å². The number of aliphatic hydroxyl groups is 1. The molecular weight excluding hydrogens is 210 g/mol. The van der Waals surface area contributed by atoms with E-state index in [1.165, 1.54) is 11.1 Å². The van der Waals surface area contributed by atoms with E-state index in [0.717, 1.165) is 24.0 Å². The molecule has 0 heterocycles. The van der Waals surface area contributed by atoms with Gasteiger partial charge in [0.05, 0.1) is 14.1 Å². The minimum absolute atomic E-state index is 0.221. The lowest BCUT2D eigenvalue weighted by Gasteiger charge is -2.32. The standard InChI is InChI=1S/C15H24NO/c1-5-13-9-7-8-10-14(13)11-16(3,4)12-15(17)6-2/h5,7-10,15,17H,1,6,11-12H2,2-4H3/q+1. The van der Waals surface area contributed by atoms with Crippen molar-refractivity contribution in [3.63, 3.8) is 0 Å². The number of hydrogen-bond donors (Lipinski definition) is 1. The molecule has 0 saturated carbocycles. The molecule has 0 bridgehead atoms. The van der Waals surface area contributed by atoms with Crippen molar-refractivity contribution in [3.8, 4) is 0 Å². The summed E-state index contributed by atoms with van der Waals surface area (Å²) in [6.45, 7) is 7.55. The average Bonchev–Trinajstić information content (AvgIpc) is 2.28. The molecule has 0 aliphatic heterocycles. The van der Waals surface area contributed by atoms with Crippen LogP contribution in [0.5, 0.6) is 0 Å². The largest absolute Gasteiger partial charge is 0.387 e. The summed E-state index contributed by atoms with van der Waals surface area (Å²) in [6.07, 6.45) is 2.48. The van der Waals surface area contributed by atoms with Crippen molar-refractivity contribution in [2.75, 3.05) is 20.6 Å². The van der Waals surface area contributed by atoms with Gasteiger partial charge in [0.15, 0.2) is 0 Å². The van der Waals surface area contributed by atoms with Crippen LogP contribution in [0.2, 0.25) is 0 Å². The van der Waals surface area contributed by atoms with Crippen LogP contribution in [0.1, 0.15) is 24.5 Å². The first-order valence-corrected chi connectivity index (χ1v) is 6.19.